The molecule has 0 spiro atoms. The molecule has 0 radical (unpaired) electrons. The topological polar surface area (TPSA) is 77.2 Å². The van der Waals surface area contributed by atoms with Gasteiger partial charge in [0.1, 0.15) is 0 Å². The maximum absolute atomic E-state index is 12.8. The lowest BCUT2D eigenvalue weighted by atomic mass is 10.2. The first kappa shape index (κ1) is 17.3. The molecule has 3 heterocycles. The van der Waals surface area contributed by atoms with Crippen molar-refractivity contribution >= 4 is 28.4 Å². The van der Waals surface area contributed by atoms with E-state index in [0.29, 0.717) is 25.0 Å². The molecule has 1 aliphatic heterocycles. The van der Waals surface area contributed by atoms with Gasteiger partial charge in [-0.25, -0.2) is 9.97 Å². The number of piperazine rings is 1. The number of para-hydroxylation sites is 2. The zero-order valence-electron chi connectivity index (χ0n) is 15.6. The SMILES string of the molecule is CC(C)Nc1cccnc1N1CCN(C(=O)c2nc3ccccc3[nH]2)CC1. The zero-order chi connectivity index (χ0) is 18.8. The van der Waals surface area contributed by atoms with E-state index in [1.165, 1.54) is 0 Å². The first-order valence-electron chi connectivity index (χ1n) is 9.32. The Labute approximate surface area is 158 Å². The number of pyridine rings is 1. The fourth-order valence-electron chi connectivity index (χ4n) is 3.40. The Kier molecular flexibility index (Phi) is 4.66. The van der Waals surface area contributed by atoms with Crippen LogP contribution in [0.1, 0.15) is 24.5 Å². The normalized spacial score (nSPS) is 14.8. The molecule has 7 nitrogen and oxygen atoms in total. The van der Waals surface area contributed by atoms with E-state index < -0.39 is 0 Å². The third kappa shape index (κ3) is 3.58. The summed E-state index contributed by atoms with van der Waals surface area (Å²) in [5.74, 6) is 1.30. The van der Waals surface area contributed by atoms with Crippen LogP contribution in [0.3, 0.4) is 0 Å². The summed E-state index contributed by atoms with van der Waals surface area (Å²) in [6, 6.07) is 12.0. The van der Waals surface area contributed by atoms with E-state index >= 15 is 0 Å². The number of rotatable bonds is 4. The number of imidazole rings is 1. The molecule has 7 heteroatoms. The maximum Gasteiger partial charge on any atom is 0.289 e. The second kappa shape index (κ2) is 7.26. The van der Waals surface area contributed by atoms with Crippen LogP contribution in [0.15, 0.2) is 42.6 Å². The number of H-pyrrole nitrogens is 1. The Morgan fingerprint density at radius 1 is 1.11 bits per heavy atom. The van der Waals surface area contributed by atoms with Crippen molar-refractivity contribution in [2.45, 2.75) is 19.9 Å². The van der Waals surface area contributed by atoms with Crippen molar-refractivity contribution in [2.24, 2.45) is 0 Å². The van der Waals surface area contributed by atoms with Crippen LogP contribution in [0.2, 0.25) is 0 Å². The van der Waals surface area contributed by atoms with Crippen LogP contribution in [0.4, 0.5) is 11.5 Å². The molecule has 4 rings (SSSR count). The molecule has 2 aromatic heterocycles. The van der Waals surface area contributed by atoms with Gasteiger partial charge in [0.05, 0.1) is 16.7 Å². The average molecular weight is 364 g/mol. The molecular formula is C20H24N6O. The van der Waals surface area contributed by atoms with Gasteiger partial charge in [-0.05, 0) is 38.1 Å². The lowest BCUT2D eigenvalue weighted by molar-refractivity contribution is 0.0736. The van der Waals surface area contributed by atoms with Gasteiger partial charge in [-0.15, -0.1) is 0 Å². The highest BCUT2D eigenvalue weighted by atomic mass is 16.2. The second-order valence-corrected chi connectivity index (χ2v) is 7.06. The number of hydrogen-bond acceptors (Lipinski definition) is 5. The van der Waals surface area contributed by atoms with Crippen molar-refractivity contribution in [3.63, 3.8) is 0 Å². The molecule has 1 amide bonds. The number of aromatic nitrogens is 3. The number of carbonyl (C=O) groups excluding carboxylic acids is 1. The Hall–Kier alpha value is -3.09. The Morgan fingerprint density at radius 2 is 1.89 bits per heavy atom. The lowest BCUT2D eigenvalue weighted by Crippen LogP contribution is -2.49. The predicted octanol–water partition coefficient (Wildman–Crippen LogP) is 2.74. The van der Waals surface area contributed by atoms with E-state index in [4.69, 9.17) is 0 Å². The molecule has 0 aliphatic carbocycles. The van der Waals surface area contributed by atoms with E-state index in [0.717, 1.165) is 35.6 Å². The molecule has 0 atom stereocenters. The van der Waals surface area contributed by atoms with Crippen molar-refractivity contribution in [1.29, 1.82) is 0 Å². The molecule has 1 saturated heterocycles. The van der Waals surface area contributed by atoms with Gasteiger partial charge in [0.15, 0.2) is 11.6 Å². The van der Waals surface area contributed by atoms with Gasteiger partial charge < -0.3 is 20.1 Å². The fraction of sp³-hybridized carbons (Fsp3) is 0.350. The van der Waals surface area contributed by atoms with Crippen LogP contribution >= 0.6 is 0 Å². The molecular weight excluding hydrogens is 340 g/mol. The van der Waals surface area contributed by atoms with Crippen LogP contribution < -0.4 is 10.2 Å². The summed E-state index contributed by atoms with van der Waals surface area (Å²) in [5.41, 5.74) is 2.74. The van der Waals surface area contributed by atoms with Gasteiger partial charge in [0.2, 0.25) is 0 Å². The highest BCUT2D eigenvalue weighted by molar-refractivity contribution is 5.94. The minimum Gasteiger partial charge on any atom is -0.380 e. The number of hydrogen-bond donors (Lipinski definition) is 2. The summed E-state index contributed by atoms with van der Waals surface area (Å²) < 4.78 is 0. The number of carbonyl (C=O) groups is 1. The van der Waals surface area contributed by atoms with Crippen molar-refractivity contribution < 1.29 is 4.79 Å². The smallest absolute Gasteiger partial charge is 0.289 e. The first-order valence-corrected chi connectivity index (χ1v) is 9.32. The number of anilines is 2. The number of nitrogens with one attached hydrogen (secondary N) is 2. The van der Waals surface area contributed by atoms with Gasteiger partial charge in [-0.1, -0.05) is 12.1 Å². The van der Waals surface area contributed by atoms with Crippen molar-refractivity contribution in [1.82, 2.24) is 19.9 Å². The lowest BCUT2D eigenvalue weighted by Gasteiger charge is -2.36. The summed E-state index contributed by atoms with van der Waals surface area (Å²) in [6.07, 6.45) is 1.81. The van der Waals surface area contributed by atoms with Gasteiger partial charge in [0, 0.05) is 38.4 Å². The Balaban J connectivity index is 1.45. The number of aromatic amines is 1. The first-order chi connectivity index (χ1) is 13.1. The summed E-state index contributed by atoms with van der Waals surface area (Å²) in [7, 11) is 0. The predicted molar refractivity (Wildman–Crippen MR) is 107 cm³/mol. The van der Waals surface area contributed by atoms with Crippen LogP contribution in [0.5, 0.6) is 0 Å². The molecule has 3 aromatic rings. The number of benzene rings is 1. The molecule has 140 valence electrons. The quantitative estimate of drug-likeness (QED) is 0.744. The van der Waals surface area contributed by atoms with E-state index in [2.05, 4.69) is 39.0 Å². The number of nitrogens with zero attached hydrogens (tertiary/aromatic N) is 4. The average Bonchev–Trinajstić information content (AvgIpc) is 3.12. The zero-order valence-corrected chi connectivity index (χ0v) is 15.6. The van der Waals surface area contributed by atoms with E-state index in [1.807, 2.05) is 47.5 Å². The van der Waals surface area contributed by atoms with Crippen LogP contribution in [-0.2, 0) is 0 Å². The van der Waals surface area contributed by atoms with Gasteiger partial charge in [-0.3, -0.25) is 4.79 Å². The standard InChI is InChI=1S/C20H24N6O/c1-14(2)22-17-8-5-9-21-19(17)25-10-12-26(13-11-25)20(27)18-23-15-6-3-4-7-16(15)24-18/h3-9,14,22H,10-13H2,1-2H3,(H,23,24). The van der Waals surface area contributed by atoms with E-state index in [9.17, 15) is 4.79 Å². The summed E-state index contributed by atoms with van der Waals surface area (Å²) >= 11 is 0. The monoisotopic (exact) mass is 364 g/mol. The molecule has 2 N–H and O–H groups in total. The largest absolute Gasteiger partial charge is 0.380 e. The highest BCUT2D eigenvalue weighted by Gasteiger charge is 2.25. The van der Waals surface area contributed by atoms with Crippen LogP contribution in [0, 0.1) is 0 Å². The van der Waals surface area contributed by atoms with Gasteiger partial charge in [0.25, 0.3) is 5.91 Å². The molecule has 27 heavy (non-hydrogen) atoms. The minimum absolute atomic E-state index is 0.0487. The van der Waals surface area contributed by atoms with E-state index in [-0.39, 0.29) is 5.91 Å². The number of amides is 1. The molecule has 0 unspecified atom stereocenters. The third-order valence-electron chi connectivity index (χ3n) is 4.69. The Morgan fingerprint density at radius 3 is 2.63 bits per heavy atom. The third-order valence-corrected chi connectivity index (χ3v) is 4.69. The maximum atomic E-state index is 12.8. The van der Waals surface area contributed by atoms with Crippen molar-refractivity contribution in [3.8, 4) is 0 Å². The van der Waals surface area contributed by atoms with Crippen LogP contribution in [0.25, 0.3) is 11.0 Å². The molecule has 1 aliphatic rings. The number of fused-ring (bicyclic) bond motifs is 1. The van der Waals surface area contributed by atoms with Gasteiger partial charge in [-0.2, -0.15) is 0 Å². The highest BCUT2D eigenvalue weighted by Crippen LogP contribution is 2.25. The van der Waals surface area contributed by atoms with Crippen molar-refractivity contribution in [3.05, 3.63) is 48.4 Å². The Bertz CT molecular complexity index is 909. The molecule has 1 fully saturated rings. The van der Waals surface area contributed by atoms with Crippen molar-refractivity contribution in [2.75, 3.05) is 36.4 Å². The van der Waals surface area contributed by atoms with E-state index in [1.54, 1.807) is 0 Å². The summed E-state index contributed by atoms with van der Waals surface area (Å²) in [4.78, 5) is 29.0. The molecule has 0 saturated carbocycles. The second-order valence-electron chi connectivity index (χ2n) is 7.06. The van der Waals surface area contributed by atoms with Gasteiger partial charge >= 0.3 is 0 Å². The fourth-order valence-corrected chi connectivity index (χ4v) is 3.40. The summed E-state index contributed by atoms with van der Waals surface area (Å²) in [6.45, 7) is 7.01. The minimum atomic E-state index is -0.0487. The van der Waals surface area contributed by atoms with Crippen LogP contribution in [-0.4, -0.2) is 58.0 Å². The molecule has 1 aromatic carbocycles. The molecule has 0 bridgehead atoms. The summed E-state index contributed by atoms with van der Waals surface area (Å²) in [5, 5.41) is 3.45.